The molecule has 4 heteroatoms. The Labute approximate surface area is 98.9 Å². The summed E-state index contributed by atoms with van der Waals surface area (Å²) in [5, 5.41) is 4.05. The summed E-state index contributed by atoms with van der Waals surface area (Å²) in [6.07, 6.45) is 1.97. The maximum atomic E-state index is 12.7. The molecule has 0 fully saturated rings. The van der Waals surface area contributed by atoms with Gasteiger partial charge < -0.3 is 0 Å². The van der Waals surface area contributed by atoms with Gasteiger partial charge in [-0.2, -0.15) is 5.10 Å². The number of benzene rings is 1. The first-order valence-electron chi connectivity index (χ1n) is 5.40. The first kappa shape index (κ1) is 11.5. The minimum atomic E-state index is -0.288. The molecule has 88 valence electrons. The van der Waals surface area contributed by atoms with Crippen LogP contribution >= 0.6 is 0 Å². The maximum Gasteiger partial charge on any atom is 0.158 e. The van der Waals surface area contributed by atoms with E-state index in [4.69, 9.17) is 0 Å². The normalized spacial score (nSPS) is 10.5. The fourth-order valence-electron chi connectivity index (χ4n) is 1.62. The average molecular weight is 232 g/mol. The number of aromatic nitrogens is 2. The van der Waals surface area contributed by atoms with Gasteiger partial charge in [-0.3, -0.25) is 9.48 Å². The highest BCUT2D eigenvalue weighted by Crippen LogP contribution is 2.05. The van der Waals surface area contributed by atoms with Gasteiger partial charge in [0.2, 0.25) is 0 Å². The molecule has 0 amide bonds. The third kappa shape index (κ3) is 3.00. The van der Waals surface area contributed by atoms with Crippen LogP contribution in [0, 0.1) is 12.7 Å². The molecule has 0 N–H and O–H groups in total. The van der Waals surface area contributed by atoms with Crippen LogP contribution < -0.4 is 0 Å². The number of ketones is 1. The van der Waals surface area contributed by atoms with Crippen LogP contribution in [0.4, 0.5) is 4.39 Å². The Morgan fingerprint density at radius 2 is 2.00 bits per heavy atom. The van der Waals surface area contributed by atoms with E-state index in [0.29, 0.717) is 6.42 Å². The van der Waals surface area contributed by atoms with E-state index in [1.807, 2.05) is 13.0 Å². The van der Waals surface area contributed by atoms with E-state index in [1.54, 1.807) is 23.0 Å². The van der Waals surface area contributed by atoms with Gasteiger partial charge in [-0.1, -0.05) is 12.1 Å². The second-order valence-electron chi connectivity index (χ2n) is 3.97. The molecule has 1 aromatic carbocycles. The molecule has 0 aliphatic carbocycles. The molecule has 2 aromatic rings. The van der Waals surface area contributed by atoms with Crippen molar-refractivity contribution in [2.24, 2.45) is 0 Å². The summed E-state index contributed by atoms with van der Waals surface area (Å²) in [7, 11) is 0. The number of Topliss-reactive ketones (excluding diaryl/α,β-unsaturated/α-hetero) is 1. The van der Waals surface area contributed by atoms with E-state index < -0.39 is 0 Å². The topological polar surface area (TPSA) is 34.9 Å². The third-order valence-corrected chi connectivity index (χ3v) is 2.57. The van der Waals surface area contributed by atoms with E-state index in [-0.39, 0.29) is 18.1 Å². The van der Waals surface area contributed by atoms with Crippen LogP contribution in [-0.2, 0) is 17.8 Å². The molecule has 1 heterocycles. The molecule has 0 saturated heterocycles. The van der Waals surface area contributed by atoms with Gasteiger partial charge in [0.1, 0.15) is 12.4 Å². The number of halogens is 1. The number of hydrogen-bond donors (Lipinski definition) is 0. The first-order valence-corrected chi connectivity index (χ1v) is 5.40. The number of nitrogens with zero attached hydrogens (tertiary/aromatic N) is 2. The van der Waals surface area contributed by atoms with E-state index in [2.05, 4.69) is 5.10 Å². The van der Waals surface area contributed by atoms with Crippen molar-refractivity contribution in [2.75, 3.05) is 0 Å². The Balaban J connectivity index is 1.98. The zero-order chi connectivity index (χ0) is 12.3. The van der Waals surface area contributed by atoms with Gasteiger partial charge in [0.15, 0.2) is 5.78 Å². The molecule has 2 rings (SSSR count). The summed E-state index contributed by atoms with van der Waals surface area (Å²) in [6.45, 7) is 2.16. The predicted octanol–water partition coefficient (Wildman–Crippen LogP) is 2.14. The molecular formula is C13H13FN2O. The smallest absolute Gasteiger partial charge is 0.158 e. The number of aryl methyl sites for hydroxylation is 1. The molecule has 0 saturated carbocycles. The van der Waals surface area contributed by atoms with E-state index in [9.17, 15) is 9.18 Å². The Hall–Kier alpha value is -1.97. The Bertz CT molecular complexity index is 516. The van der Waals surface area contributed by atoms with Crippen LogP contribution in [0.2, 0.25) is 0 Å². The lowest BCUT2D eigenvalue weighted by atomic mass is 10.1. The minimum Gasteiger partial charge on any atom is -0.297 e. The van der Waals surface area contributed by atoms with E-state index >= 15 is 0 Å². The van der Waals surface area contributed by atoms with Crippen molar-refractivity contribution >= 4 is 5.78 Å². The zero-order valence-corrected chi connectivity index (χ0v) is 9.56. The minimum absolute atomic E-state index is 0.0587. The molecule has 0 atom stereocenters. The fourth-order valence-corrected chi connectivity index (χ4v) is 1.62. The monoisotopic (exact) mass is 232 g/mol. The number of carbonyl (C=O) groups is 1. The zero-order valence-electron chi connectivity index (χ0n) is 9.56. The van der Waals surface area contributed by atoms with Crippen molar-refractivity contribution in [2.45, 2.75) is 19.9 Å². The Kier molecular flexibility index (Phi) is 3.32. The highest BCUT2D eigenvalue weighted by atomic mass is 19.1. The standard InChI is InChI=1S/C13H13FN2O/c1-10-6-7-15-16(10)9-13(17)8-11-2-4-12(14)5-3-11/h2-7H,8-9H2,1H3. The predicted molar refractivity (Wildman–Crippen MR) is 62.1 cm³/mol. The Morgan fingerprint density at radius 1 is 1.29 bits per heavy atom. The van der Waals surface area contributed by atoms with Crippen LogP contribution in [0.15, 0.2) is 36.5 Å². The van der Waals surface area contributed by atoms with Gasteiger partial charge in [0, 0.05) is 18.3 Å². The largest absolute Gasteiger partial charge is 0.297 e. The molecule has 0 aliphatic heterocycles. The fraction of sp³-hybridized carbons (Fsp3) is 0.231. The second-order valence-corrected chi connectivity index (χ2v) is 3.97. The summed E-state index contributed by atoms with van der Waals surface area (Å²) in [6, 6.07) is 7.83. The van der Waals surface area contributed by atoms with Gasteiger partial charge in [-0.05, 0) is 30.7 Å². The lowest BCUT2D eigenvalue weighted by Crippen LogP contribution is -2.14. The highest BCUT2D eigenvalue weighted by molar-refractivity contribution is 5.80. The molecule has 0 bridgehead atoms. The summed E-state index contributed by atoms with van der Waals surface area (Å²) in [5.74, 6) is -0.229. The first-order chi connectivity index (χ1) is 8.15. The SMILES string of the molecule is Cc1ccnn1CC(=O)Cc1ccc(F)cc1. The number of carbonyl (C=O) groups excluding carboxylic acids is 1. The maximum absolute atomic E-state index is 12.7. The molecule has 0 unspecified atom stereocenters. The lowest BCUT2D eigenvalue weighted by Gasteiger charge is -2.04. The summed E-state index contributed by atoms with van der Waals surface area (Å²) in [5.41, 5.74) is 1.78. The van der Waals surface area contributed by atoms with Crippen molar-refractivity contribution in [3.05, 3.63) is 53.6 Å². The summed E-state index contributed by atoms with van der Waals surface area (Å²) < 4.78 is 14.3. The van der Waals surface area contributed by atoms with Crippen LogP contribution in [0.5, 0.6) is 0 Å². The average Bonchev–Trinajstić information content (AvgIpc) is 2.68. The van der Waals surface area contributed by atoms with Gasteiger partial charge >= 0.3 is 0 Å². The van der Waals surface area contributed by atoms with Gasteiger partial charge in [-0.15, -0.1) is 0 Å². The van der Waals surface area contributed by atoms with Gasteiger partial charge in [0.25, 0.3) is 0 Å². The van der Waals surface area contributed by atoms with E-state index in [0.717, 1.165) is 11.3 Å². The van der Waals surface area contributed by atoms with Crippen molar-refractivity contribution in [1.29, 1.82) is 0 Å². The molecule has 0 aliphatic rings. The highest BCUT2D eigenvalue weighted by Gasteiger charge is 2.06. The van der Waals surface area contributed by atoms with Crippen LogP contribution in [0.1, 0.15) is 11.3 Å². The lowest BCUT2D eigenvalue weighted by molar-refractivity contribution is -0.119. The molecule has 0 radical (unpaired) electrons. The van der Waals surface area contributed by atoms with Crippen LogP contribution in [0.25, 0.3) is 0 Å². The molecule has 3 nitrogen and oxygen atoms in total. The Morgan fingerprint density at radius 3 is 2.59 bits per heavy atom. The molecule has 17 heavy (non-hydrogen) atoms. The molecule has 1 aromatic heterocycles. The summed E-state index contributed by atoms with van der Waals surface area (Å²) >= 11 is 0. The van der Waals surface area contributed by atoms with Crippen molar-refractivity contribution < 1.29 is 9.18 Å². The molecule has 0 spiro atoms. The van der Waals surface area contributed by atoms with Crippen molar-refractivity contribution in [3.8, 4) is 0 Å². The third-order valence-electron chi connectivity index (χ3n) is 2.57. The van der Waals surface area contributed by atoms with Crippen LogP contribution in [0.3, 0.4) is 0 Å². The number of rotatable bonds is 4. The van der Waals surface area contributed by atoms with Gasteiger partial charge in [0.05, 0.1) is 0 Å². The summed E-state index contributed by atoms with van der Waals surface area (Å²) in [4.78, 5) is 11.8. The van der Waals surface area contributed by atoms with Gasteiger partial charge in [-0.25, -0.2) is 4.39 Å². The molecular weight excluding hydrogens is 219 g/mol. The van der Waals surface area contributed by atoms with E-state index in [1.165, 1.54) is 12.1 Å². The van der Waals surface area contributed by atoms with Crippen LogP contribution in [-0.4, -0.2) is 15.6 Å². The van der Waals surface area contributed by atoms with Crippen molar-refractivity contribution in [3.63, 3.8) is 0 Å². The van der Waals surface area contributed by atoms with Crippen molar-refractivity contribution in [1.82, 2.24) is 9.78 Å². The quantitative estimate of drug-likeness (QED) is 0.809. The second kappa shape index (κ2) is 4.91. The number of hydrogen-bond acceptors (Lipinski definition) is 2.